The first-order valence-electron chi connectivity index (χ1n) is 7.65. The first-order chi connectivity index (χ1) is 11.5. The second-order valence-corrected chi connectivity index (χ2v) is 6.98. The Kier molecular flexibility index (Phi) is 4.45. The van der Waals surface area contributed by atoms with E-state index in [1.54, 1.807) is 11.3 Å². The summed E-state index contributed by atoms with van der Waals surface area (Å²) >= 11 is 1.68. The van der Waals surface area contributed by atoms with Crippen molar-refractivity contribution in [3.63, 3.8) is 0 Å². The fraction of sp³-hybridized carbons (Fsp3) is 0.278. The van der Waals surface area contributed by atoms with Crippen LogP contribution in [-0.2, 0) is 6.42 Å². The van der Waals surface area contributed by atoms with Gasteiger partial charge in [-0.05, 0) is 38.5 Å². The molecule has 0 saturated heterocycles. The second kappa shape index (κ2) is 6.54. The number of anilines is 1. The van der Waals surface area contributed by atoms with E-state index < -0.39 is 0 Å². The third kappa shape index (κ3) is 3.08. The molecule has 0 aliphatic rings. The molecule has 1 N–H and O–H groups in total. The number of rotatable bonds is 4. The molecule has 3 rings (SSSR count). The number of nitriles is 1. The van der Waals surface area contributed by atoms with Crippen molar-refractivity contribution in [1.29, 1.82) is 5.26 Å². The number of aryl methyl sites for hydroxylation is 3. The number of aromatic nitrogens is 2. The Bertz CT molecular complexity index is 956. The van der Waals surface area contributed by atoms with E-state index in [1.807, 2.05) is 20.8 Å². The summed E-state index contributed by atoms with van der Waals surface area (Å²) in [7, 11) is 0. The van der Waals surface area contributed by atoms with E-state index in [9.17, 15) is 9.65 Å². The van der Waals surface area contributed by atoms with E-state index in [4.69, 9.17) is 0 Å². The average Bonchev–Trinajstić information content (AvgIpc) is 2.85. The summed E-state index contributed by atoms with van der Waals surface area (Å²) in [6.07, 6.45) is 2.35. The van der Waals surface area contributed by atoms with Gasteiger partial charge < -0.3 is 5.32 Å². The number of pyridine rings is 1. The molecule has 0 aliphatic carbocycles. The van der Waals surface area contributed by atoms with Gasteiger partial charge in [0.25, 0.3) is 0 Å². The summed E-state index contributed by atoms with van der Waals surface area (Å²) in [5.41, 5.74) is 3.57. The number of benzene rings is 1. The number of nitrogens with zero attached hydrogens (tertiary/aromatic N) is 3. The largest absolute Gasteiger partial charge is 0.383 e. The summed E-state index contributed by atoms with van der Waals surface area (Å²) in [6, 6.07) is 5.02. The van der Waals surface area contributed by atoms with Crippen LogP contribution in [0.4, 0.5) is 10.1 Å². The molecule has 0 atom stereocenters. The van der Waals surface area contributed by atoms with E-state index in [-0.39, 0.29) is 5.82 Å². The lowest BCUT2D eigenvalue weighted by molar-refractivity contribution is 0.628. The molecule has 3 aromatic rings. The van der Waals surface area contributed by atoms with Crippen LogP contribution in [0.1, 0.15) is 26.7 Å². The number of nitrogens with one attached hydrogen (secondary N) is 1. The second-order valence-electron chi connectivity index (χ2n) is 5.70. The molecule has 2 heterocycles. The first-order valence-corrected chi connectivity index (χ1v) is 8.47. The normalized spacial score (nSPS) is 10.8. The van der Waals surface area contributed by atoms with Crippen molar-refractivity contribution >= 4 is 27.9 Å². The molecule has 0 unspecified atom stereocenters. The molecule has 24 heavy (non-hydrogen) atoms. The van der Waals surface area contributed by atoms with E-state index in [2.05, 4.69) is 21.4 Å². The topological polar surface area (TPSA) is 61.6 Å². The van der Waals surface area contributed by atoms with Crippen LogP contribution in [0.15, 0.2) is 18.3 Å². The predicted molar refractivity (Wildman–Crippen MR) is 94.9 cm³/mol. The predicted octanol–water partition coefficient (Wildman–Crippen LogP) is 4.28. The Balaban J connectivity index is 1.93. The van der Waals surface area contributed by atoms with Crippen molar-refractivity contribution in [2.24, 2.45) is 0 Å². The molecular weight excluding hydrogens is 323 g/mol. The third-order valence-electron chi connectivity index (χ3n) is 3.90. The molecule has 0 bridgehead atoms. The molecule has 0 saturated carbocycles. The van der Waals surface area contributed by atoms with Gasteiger partial charge in [-0.1, -0.05) is 0 Å². The van der Waals surface area contributed by atoms with Gasteiger partial charge >= 0.3 is 0 Å². The van der Waals surface area contributed by atoms with Crippen LogP contribution in [0.2, 0.25) is 0 Å². The highest BCUT2D eigenvalue weighted by molar-refractivity contribution is 7.11. The van der Waals surface area contributed by atoms with Gasteiger partial charge in [0.1, 0.15) is 11.9 Å². The van der Waals surface area contributed by atoms with Gasteiger partial charge in [0.05, 0.1) is 27.5 Å². The summed E-state index contributed by atoms with van der Waals surface area (Å²) in [5, 5.41) is 14.3. The molecule has 0 aliphatic heterocycles. The van der Waals surface area contributed by atoms with Crippen molar-refractivity contribution in [2.75, 3.05) is 11.9 Å². The molecule has 0 spiro atoms. The van der Waals surface area contributed by atoms with Crippen molar-refractivity contribution in [3.8, 4) is 6.07 Å². The first kappa shape index (κ1) is 16.3. The molecule has 0 amide bonds. The highest BCUT2D eigenvalue weighted by atomic mass is 32.1. The van der Waals surface area contributed by atoms with Crippen molar-refractivity contribution in [2.45, 2.75) is 27.2 Å². The van der Waals surface area contributed by atoms with Gasteiger partial charge in [-0.3, -0.25) is 4.98 Å². The Hall–Kier alpha value is -2.52. The highest BCUT2D eigenvalue weighted by Crippen LogP contribution is 2.29. The number of hydrogen-bond donors (Lipinski definition) is 1. The molecular formula is C18H17FN4S. The Morgan fingerprint density at radius 2 is 2.08 bits per heavy atom. The maximum absolute atomic E-state index is 13.8. The van der Waals surface area contributed by atoms with Gasteiger partial charge in [-0.25, -0.2) is 9.37 Å². The van der Waals surface area contributed by atoms with E-state index in [0.717, 1.165) is 22.7 Å². The lowest BCUT2D eigenvalue weighted by Gasteiger charge is -2.12. The minimum Gasteiger partial charge on any atom is -0.383 e. The maximum atomic E-state index is 13.8. The fourth-order valence-corrected chi connectivity index (χ4v) is 3.75. The number of halogens is 1. The van der Waals surface area contributed by atoms with Gasteiger partial charge in [-0.2, -0.15) is 5.26 Å². The summed E-state index contributed by atoms with van der Waals surface area (Å²) in [4.78, 5) is 9.94. The number of fused-ring (bicyclic) bond motifs is 1. The molecule has 6 heteroatoms. The SMILES string of the molecule is Cc1nc(C)c(CCNc2c(C#N)cnc3c(C)cc(F)cc23)s1. The fourth-order valence-electron chi connectivity index (χ4n) is 2.82. The van der Waals surface area contributed by atoms with Crippen molar-refractivity contribution < 1.29 is 4.39 Å². The van der Waals surface area contributed by atoms with Crippen molar-refractivity contribution in [1.82, 2.24) is 9.97 Å². The minimum atomic E-state index is -0.325. The van der Waals surface area contributed by atoms with E-state index in [0.29, 0.717) is 28.7 Å². The Labute approximate surface area is 144 Å². The lowest BCUT2D eigenvalue weighted by atomic mass is 10.1. The average molecular weight is 340 g/mol. The van der Waals surface area contributed by atoms with Gasteiger partial charge in [0.15, 0.2) is 0 Å². The molecule has 0 fully saturated rings. The molecule has 1 aromatic carbocycles. The van der Waals surface area contributed by atoms with Crippen LogP contribution < -0.4 is 5.32 Å². The van der Waals surface area contributed by atoms with Crippen molar-refractivity contribution in [3.05, 3.63) is 50.9 Å². The zero-order chi connectivity index (χ0) is 17.3. The monoisotopic (exact) mass is 340 g/mol. The summed E-state index contributed by atoms with van der Waals surface area (Å²) < 4.78 is 13.8. The quantitative estimate of drug-likeness (QED) is 0.770. The van der Waals surface area contributed by atoms with Crippen LogP contribution in [0, 0.1) is 37.9 Å². The van der Waals surface area contributed by atoms with E-state index >= 15 is 0 Å². The van der Waals surface area contributed by atoms with Gasteiger partial charge in [-0.15, -0.1) is 11.3 Å². The Morgan fingerprint density at radius 3 is 2.75 bits per heavy atom. The van der Waals surface area contributed by atoms with Crippen LogP contribution in [0.3, 0.4) is 0 Å². The number of thiazole rings is 1. The zero-order valence-corrected chi connectivity index (χ0v) is 14.6. The zero-order valence-electron chi connectivity index (χ0n) is 13.8. The molecule has 2 aromatic heterocycles. The van der Waals surface area contributed by atoms with E-state index in [1.165, 1.54) is 23.2 Å². The minimum absolute atomic E-state index is 0.325. The smallest absolute Gasteiger partial charge is 0.124 e. The standard InChI is InChI=1S/C18H17FN4S/c1-10-6-14(19)7-15-17(10)22-9-13(8-20)18(15)21-5-4-16-11(2)23-12(3)24-16/h6-7,9H,4-5H2,1-3H3,(H,21,22). The van der Waals surface area contributed by atoms with Gasteiger partial charge in [0, 0.05) is 29.4 Å². The third-order valence-corrected chi connectivity index (χ3v) is 5.03. The maximum Gasteiger partial charge on any atom is 0.124 e. The van der Waals surface area contributed by atoms with Crippen LogP contribution in [0.5, 0.6) is 0 Å². The van der Waals surface area contributed by atoms with Gasteiger partial charge in [0.2, 0.25) is 0 Å². The lowest BCUT2D eigenvalue weighted by Crippen LogP contribution is -2.07. The Morgan fingerprint density at radius 1 is 1.29 bits per heavy atom. The summed E-state index contributed by atoms with van der Waals surface area (Å²) in [5.74, 6) is -0.325. The van der Waals surface area contributed by atoms with Crippen LogP contribution in [-0.4, -0.2) is 16.5 Å². The molecule has 4 nitrogen and oxygen atoms in total. The molecule has 122 valence electrons. The number of hydrogen-bond acceptors (Lipinski definition) is 5. The summed E-state index contributed by atoms with van der Waals surface area (Å²) in [6.45, 7) is 6.45. The molecule has 0 radical (unpaired) electrons. The highest BCUT2D eigenvalue weighted by Gasteiger charge is 2.12. The van der Waals surface area contributed by atoms with Crippen LogP contribution in [0.25, 0.3) is 10.9 Å². The van der Waals surface area contributed by atoms with Crippen LogP contribution >= 0.6 is 11.3 Å².